The van der Waals surface area contributed by atoms with Crippen LogP contribution in [0.5, 0.6) is 5.75 Å². The van der Waals surface area contributed by atoms with E-state index in [1.807, 2.05) is 75.4 Å². The summed E-state index contributed by atoms with van der Waals surface area (Å²) in [5, 5.41) is 8.94. The first-order valence-electron chi connectivity index (χ1n) is 11.0. The first-order valence-corrected chi connectivity index (χ1v) is 11.3. The van der Waals surface area contributed by atoms with E-state index in [9.17, 15) is 4.79 Å². The maximum Gasteiger partial charge on any atom is 0.407 e. The zero-order valence-electron chi connectivity index (χ0n) is 19.0. The van der Waals surface area contributed by atoms with Gasteiger partial charge in [0.2, 0.25) is 0 Å². The number of hydrogen-bond acceptors (Lipinski definition) is 4. The molecule has 3 aromatic carbocycles. The van der Waals surface area contributed by atoms with Crippen molar-refractivity contribution in [2.45, 2.75) is 32.8 Å². The Bertz CT molecular complexity index is 1260. The molecular weight excluding hydrogens is 438 g/mol. The number of rotatable bonds is 7. The van der Waals surface area contributed by atoms with Crippen LogP contribution in [0.1, 0.15) is 27.2 Å². The number of anilines is 2. The smallest absolute Gasteiger partial charge is 0.407 e. The van der Waals surface area contributed by atoms with Crippen LogP contribution in [0.2, 0.25) is 5.02 Å². The highest BCUT2D eigenvalue weighted by atomic mass is 35.5. The highest BCUT2D eigenvalue weighted by Gasteiger charge is 2.16. The quantitative estimate of drug-likeness (QED) is 0.256. The van der Waals surface area contributed by atoms with Crippen LogP contribution in [-0.4, -0.2) is 29.8 Å². The average Bonchev–Trinajstić information content (AvgIpc) is 3.11. The van der Waals surface area contributed by atoms with Crippen molar-refractivity contribution in [2.24, 2.45) is 0 Å². The molecule has 0 radical (unpaired) electrons. The van der Waals surface area contributed by atoms with Crippen LogP contribution in [0.3, 0.4) is 0 Å². The second-order valence-corrected chi connectivity index (χ2v) is 9.27. The Labute approximate surface area is 198 Å². The van der Waals surface area contributed by atoms with Gasteiger partial charge in [-0.25, -0.2) is 4.79 Å². The van der Waals surface area contributed by atoms with Crippen LogP contribution >= 0.6 is 11.6 Å². The summed E-state index contributed by atoms with van der Waals surface area (Å²) in [6, 6.07) is 19.8. The van der Waals surface area contributed by atoms with E-state index in [2.05, 4.69) is 21.7 Å². The van der Waals surface area contributed by atoms with E-state index in [1.54, 1.807) is 0 Å². The lowest BCUT2D eigenvalue weighted by molar-refractivity contribution is 0.0525. The minimum Gasteiger partial charge on any atom is -0.491 e. The number of carbonyl (C=O) groups is 1. The second kappa shape index (κ2) is 9.63. The van der Waals surface area contributed by atoms with E-state index in [1.165, 1.54) is 0 Å². The van der Waals surface area contributed by atoms with E-state index in [0.717, 1.165) is 38.9 Å². The van der Waals surface area contributed by atoms with Gasteiger partial charge in [0.1, 0.15) is 11.4 Å². The summed E-state index contributed by atoms with van der Waals surface area (Å²) in [6.45, 7) is 6.42. The van der Waals surface area contributed by atoms with Crippen LogP contribution in [0.4, 0.5) is 16.2 Å². The van der Waals surface area contributed by atoms with Gasteiger partial charge in [0, 0.05) is 45.3 Å². The van der Waals surface area contributed by atoms with E-state index in [4.69, 9.17) is 21.1 Å². The number of alkyl carbamates (subject to hydrolysis) is 1. The fourth-order valence-electron chi connectivity index (χ4n) is 3.57. The molecule has 0 atom stereocenters. The number of halogens is 1. The molecule has 4 rings (SSSR count). The normalized spacial score (nSPS) is 11.5. The third-order valence-electron chi connectivity index (χ3n) is 4.94. The molecule has 0 bridgehead atoms. The molecule has 0 aliphatic heterocycles. The Balaban J connectivity index is 1.53. The number of benzene rings is 3. The molecule has 6 nitrogen and oxygen atoms in total. The van der Waals surface area contributed by atoms with Crippen LogP contribution < -0.4 is 15.4 Å². The molecule has 1 aromatic heterocycles. The standard InChI is InChI=1S/C26H28ClN3O3/c1-26(2,3)33-25(31)28-12-7-13-32-23-16-19(29-18-8-5-4-6-9-18)15-21-20-14-17(27)10-11-22(20)30-24(21)23/h4-6,8-11,14-16,29-30H,7,12-13H2,1-3H3,(H,28,31). The third-order valence-corrected chi connectivity index (χ3v) is 5.18. The van der Waals surface area contributed by atoms with Gasteiger partial charge in [0.25, 0.3) is 0 Å². The monoisotopic (exact) mass is 465 g/mol. The molecule has 0 aliphatic carbocycles. The molecule has 0 spiro atoms. The second-order valence-electron chi connectivity index (χ2n) is 8.83. The van der Waals surface area contributed by atoms with Crippen molar-refractivity contribution in [3.05, 3.63) is 65.7 Å². The van der Waals surface area contributed by atoms with E-state index >= 15 is 0 Å². The highest BCUT2D eigenvalue weighted by Crippen LogP contribution is 2.37. The average molecular weight is 466 g/mol. The maximum atomic E-state index is 11.8. The van der Waals surface area contributed by atoms with Crippen molar-refractivity contribution in [3.8, 4) is 5.75 Å². The zero-order valence-corrected chi connectivity index (χ0v) is 19.8. The largest absolute Gasteiger partial charge is 0.491 e. The minimum absolute atomic E-state index is 0.425. The van der Waals surface area contributed by atoms with Gasteiger partial charge in [-0.2, -0.15) is 0 Å². The molecule has 33 heavy (non-hydrogen) atoms. The summed E-state index contributed by atoms with van der Waals surface area (Å²) in [6.07, 6.45) is 0.217. The van der Waals surface area contributed by atoms with Crippen LogP contribution in [-0.2, 0) is 4.74 Å². The lowest BCUT2D eigenvalue weighted by atomic mass is 10.1. The number of amides is 1. The predicted octanol–water partition coefficient (Wildman–Crippen LogP) is 7.01. The number of carbonyl (C=O) groups excluding carboxylic acids is 1. The number of hydrogen-bond donors (Lipinski definition) is 3. The van der Waals surface area contributed by atoms with Crippen molar-refractivity contribution in [3.63, 3.8) is 0 Å². The van der Waals surface area contributed by atoms with Crippen molar-refractivity contribution in [2.75, 3.05) is 18.5 Å². The molecule has 1 amide bonds. The van der Waals surface area contributed by atoms with Gasteiger partial charge >= 0.3 is 6.09 Å². The molecule has 172 valence electrons. The van der Waals surface area contributed by atoms with Crippen molar-refractivity contribution in [1.29, 1.82) is 0 Å². The number of fused-ring (bicyclic) bond motifs is 3. The topological polar surface area (TPSA) is 75.4 Å². The molecular formula is C26H28ClN3O3. The lowest BCUT2D eigenvalue weighted by Gasteiger charge is -2.19. The molecule has 7 heteroatoms. The van der Waals surface area contributed by atoms with Crippen LogP contribution in [0.25, 0.3) is 21.8 Å². The van der Waals surface area contributed by atoms with Gasteiger partial charge in [0.15, 0.2) is 0 Å². The molecule has 0 fully saturated rings. The molecule has 0 unspecified atom stereocenters. The summed E-state index contributed by atoms with van der Waals surface area (Å²) in [5.41, 5.74) is 3.28. The van der Waals surface area contributed by atoms with Crippen LogP contribution in [0.15, 0.2) is 60.7 Å². The summed E-state index contributed by atoms with van der Waals surface area (Å²) < 4.78 is 11.4. The molecule has 3 N–H and O–H groups in total. The fourth-order valence-corrected chi connectivity index (χ4v) is 3.74. The van der Waals surface area contributed by atoms with Gasteiger partial charge in [-0.15, -0.1) is 0 Å². The molecule has 4 aromatic rings. The number of aromatic amines is 1. The Kier molecular flexibility index (Phi) is 6.65. The summed E-state index contributed by atoms with van der Waals surface area (Å²) in [5.74, 6) is 0.732. The zero-order chi connectivity index (χ0) is 23.4. The molecule has 0 saturated carbocycles. The maximum absolute atomic E-state index is 11.8. The number of ether oxygens (including phenoxy) is 2. The Morgan fingerprint density at radius 2 is 1.79 bits per heavy atom. The fraction of sp³-hybridized carbons (Fsp3) is 0.269. The Morgan fingerprint density at radius 1 is 1.00 bits per heavy atom. The minimum atomic E-state index is -0.517. The van der Waals surface area contributed by atoms with Gasteiger partial charge in [-0.05, 0) is 63.6 Å². The first-order chi connectivity index (χ1) is 15.8. The number of H-pyrrole nitrogens is 1. The van der Waals surface area contributed by atoms with Crippen molar-refractivity contribution >= 4 is 50.9 Å². The predicted molar refractivity (Wildman–Crippen MR) is 135 cm³/mol. The number of para-hydroxylation sites is 1. The lowest BCUT2D eigenvalue weighted by Crippen LogP contribution is -2.33. The van der Waals surface area contributed by atoms with Gasteiger partial charge in [0.05, 0.1) is 12.1 Å². The summed E-state index contributed by atoms with van der Waals surface area (Å²) in [7, 11) is 0. The van der Waals surface area contributed by atoms with Gasteiger partial charge in [-0.3, -0.25) is 0 Å². The van der Waals surface area contributed by atoms with Crippen molar-refractivity contribution in [1.82, 2.24) is 10.3 Å². The van der Waals surface area contributed by atoms with Crippen molar-refractivity contribution < 1.29 is 14.3 Å². The van der Waals surface area contributed by atoms with Crippen LogP contribution in [0, 0.1) is 0 Å². The number of aromatic nitrogens is 1. The summed E-state index contributed by atoms with van der Waals surface area (Å²) in [4.78, 5) is 15.3. The van der Waals surface area contributed by atoms with Gasteiger partial charge in [-0.1, -0.05) is 29.8 Å². The SMILES string of the molecule is CC(C)(C)OC(=O)NCCCOc1cc(Nc2ccccc2)cc2c1[nH]c1ccc(Cl)cc12. The first kappa shape index (κ1) is 22.8. The Hall–Kier alpha value is -3.38. The van der Waals surface area contributed by atoms with E-state index in [-0.39, 0.29) is 0 Å². The van der Waals surface area contributed by atoms with E-state index in [0.29, 0.717) is 24.6 Å². The number of nitrogens with one attached hydrogen (secondary N) is 3. The highest BCUT2D eigenvalue weighted by molar-refractivity contribution is 6.32. The van der Waals surface area contributed by atoms with E-state index < -0.39 is 11.7 Å². The molecule has 0 aliphatic rings. The third kappa shape index (κ3) is 5.90. The molecule has 0 saturated heterocycles. The molecule has 1 heterocycles. The Morgan fingerprint density at radius 3 is 2.55 bits per heavy atom. The van der Waals surface area contributed by atoms with Gasteiger partial charge < -0.3 is 25.1 Å². The summed E-state index contributed by atoms with van der Waals surface area (Å²) >= 11 is 6.26.